The second kappa shape index (κ2) is 7.14. The molecule has 0 radical (unpaired) electrons. The van der Waals surface area contributed by atoms with Gasteiger partial charge >= 0.3 is 0 Å². The van der Waals surface area contributed by atoms with Crippen molar-refractivity contribution in [1.29, 1.82) is 0 Å². The van der Waals surface area contributed by atoms with Crippen LogP contribution in [0, 0.1) is 0 Å². The average molecular weight is 302 g/mol. The van der Waals surface area contributed by atoms with Gasteiger partial charge in [-0.15, -0.1) is 0 Å². The minimum atomic E-state index is 0.168. The number of carbonyl (C=O) groups excluding carboxylic acids is 1. The number of nitrogens with one attached hydrogen (secondary N) is 1. The van der Waals surface area contributed by atoms with Crippen molar-refractivity contribution in [3.8, 4) is 5.75 Å². The van der Waals surface area contributed by atoms with Crippen LogP contribution in [-0.2, 0) is 11.3 Å². The summed E-state index contributed by atoms with van der Waals surface area (Å²) in [5.41, 5.74) is 1.23. The topological polar surface area (TPSA) is 41.6 Å². The Morgan fingerprint density at radius 1 is 1.32 bits per heavy atom. The van der Waals surface area contributed by atoms with Crippen molar-refractivity contribution in [1.82, 2.24) is 10.2 Å². The summed E-state index contributed by atoms with van der Waals surface area (Å²) < 4.78 is 5.71. The molecule has 4 heteroatoms. The molecular formula is C18H26N2O2. The molecule has 3 rings (SSSR count). The normalized spacial score (nSPS) is 25.4. The molecule has 1 saturated heterocycles. The lowest BCUT2D eigenvalue weighted by Gasteiger charge is -2.44. The van der Waals surface area contributed by atoms with Crippen molar-refractivity contribution in [3.63, 3.8) is 0 Å². The maximum Gasteiger partial charge on any atom is 0.234 e. The van der Waals surface area contributed by atoms with Crippen LogP contribution >= 0.6 is 0 Å². The van der Waals surface area contributed by atoms with E-state index < -0.39 is 0 Å². The van der Waals surface area contributed by atoms with Crippen LogP contribution in [0.5, 0.6) is 5.75 Å². The van der Waals surface area contributed by atoms with E-state index in [9.17, 15) is 4.79 Å². The molecule has 2 aliphatic rings. The Bertz CT molecular complexity index is 518. The Kier molecular flexibility index (Phi) is 4.98. The fraction of sp³-hybridized carbons (Fsp3) is 0.611. The molecule has 1 heterocycles. The van der Waals surface area contributed by atoms with E-state index in [2.05, 4.69) is 29.3 Å². The van der Waals surface area contributed by atoms with Gasteiger partial charge in [0.1, 0.15) is 5.75 Å². The zero-order valence-corrected chi connectivity index (χ0v) is 13.4. The predicted molar refractivity (Wildman–Crippen MR) is 86.8 cm³/mol. The molecule has 1 aliphatic carbocycles. The van der Waals surface area contributed by atoms with E-state index >= 15 is 0 Å². The zero-order chi connectivity index (χ0) is 15.4. The number of amides is 1. The first-order valence-corrected chi connectivity index (χ1v) is 8.51. The molecule has 1 N–H and O–H groups in total. The van der Waals surface area contributed by atoms with Gasteiger partial charge in [-0.05, 0) is 37.0 Å². The number of hydrogen-bond acceptors (Lipinski definition) is 3. The highest BCUT2D eigenvalue weighted by molar-refractivity contribution is 5.79. The number of ether oxygens (including phenoxy) is 1. The second-order valence-corrected chi connectivity index (χ2v) is 6.43. The fourth-order valence-electron chi connectivity index (χ4n) is 3.63. The van der Waals surface area contributed by atoms with Crippen molar-refractivity contribution >= 4 is 5.91 Å². The third-order valence-corrected chi connectivity index (χ3v) is 4.65. The van der Waals surface area contributed by atoms with E-state index in [1.165, 1.54) is 24.8 Å². The molecule has 1 amide bonds. The monoisotopic (exact) mass is 302 g/mol. The molecule has 1 aromatic carbocycles. The summed E-state index contributed by atoms with van der Waals surface area (Å²) in [4.78, 5) is 14.3. The number of piperazine rings is 1. The molecule has 1 saturated carbocycles. The second-order valence-electron chi connectivity index (χ2n) is 6.43. The van der Waals surface area contributed by atoms with Crippen LogP contribution in [0.15, 0.2) is 24.3 Å². The third kappa shape index (κ3) is 3.61. The largest absolute Gasteiger partial charge is 0.494 e. The SMILES string of the molecule is CCCOc1cccc(CN2CC(=O)N[C@H]3CCCC[C@@H]32)c1. The summed E-state index contributed by atoms with van der Waals surface area (Å²) in [5, 5.41) is 3.17. The lowest BCUT2D eigenvalue weighted by Crippen LogP contribution is -2.61. The van der Waals surface area contributed by atoms with Crippen molar-refractivity contribution in [2.45, 2.75) is 57.7 Å². The number of fused-ring (bicyclic) bond motifs is 1. The molecule has 0 aromatic heterocycles. The van der Waals surface area contributed by atoms with Crippen molar-refractivity contribution in [2.75, 3.05) is 13.2 Å². The average Bonchev–Trinajstić information content (AvgIpc) is 2.53. The summed E-state index contributed by atoms with van der Waals surface area (Å²) in [6.07, 6.45) is 5.83. The Labute approximate surface area is 132 Å². The van der Waals surface area contributed by atoms with E-state index in [0.717, 1.165) is 31.7 Å². The molecule has 2 atom stereocenters. The molecule has 0 unspecified atom stereocenters. The molecule has 0 bridgehead atoms. The van der Waals surface area contributed by atoms with E-state index in [0.29, 0.717) is 18.6 Å². The van der Waals surface area contributed by atoms with Gasteiger partial charge in [0.25, 0.3) is 0 Å². The van der Waals surface area contributed by atoms with Crippen molar-refractivity contribution < 1.29 is 9.53 Å². The summed E-state index contributed by atoms with van der Waals surface area (Å²) in [6.45, 7) is 4.21. The molecule has 2 fully saturated rings. The van der Waals surface area contributed by atoms with Gasteiger partial charge in [-0.3, -0.25) is 9.69 Å². The number of carbonyl (C=O) groups is 1. The molecule has 1 aliphatic heterocycles. The zero-order valence-electron chi connectivity index (χ0n) is 13.4. The van der Waals surface area contributed by atoms with Crippen LogP contribution in [0.3, 0.4) is 0 Å². The van der Waals surface area contributed by atoms with Crippen LogP contribution in [-0.4, -0.2) is 36.0 Å². The molecule has 22 heavy (non-hydrogen) atoms. The number of rotatable bonds is 5. The van der Waals surface area contributed by atoms with Crippen molar-refractivity contribution in [2.24, 2.45) is 0 Å². The first kappa shape index (κ1) is 15.3. The highest BCUT2D eigenvalue weighted by atomic mass is 16.5. The van der Waals surface area contributed by atoms with Crippen LogP contribution in [0.2, 0.25) is 0 Å². The third-order valence-electron chi connectivity index (χ3n) is 4.65. The summed E-state index contributed by atoms with van der Waals surface area (Å²) >= 11 is 0. The van der Waals surface area contributed by atoms with E-state index in [-0.39, 0.29) is 5.91 Å². The van der Waals surface area contributed by atoms with Gasteiger partial charge in [0.15, 0.2) is 0 Å². The quantitative estimate of drug-likeness (QED) is 0.909. The number of benzene rings is 1. The van der Waals surface area contributed by atoms with Gasteiger partial charge < -0.3 is 10.1 Å². The summed E-state index contributed by atoms with van der Waals surface area (Å²) in [5.74, 6) is 1.10. The first-order valence-electron chi connectivity index (χ1n) is 8.51. The van der Waals surface area contributed by atoms with Gasteiger partial charge in [-0.2, -0.15) is 0 Å². The van der Waals surface area contributed by atoms with Gasteiger partial charge in [0.2, 0.25) is 5.91 Å². The minimum absolute atomic E-state index is 0.168. The van der Waals surface area contributed by atoms with Crippen LogP contribution in [0.25, 0.3) is 0 Å². The van der Waals surface area contributed by atoms with E-state index in [1.807, 2.05) is 12.1 Å². The summed E-state index contributed by atoms with van der Waals surface area (Å²) in [7, 11) is 0. The standard InChI is InChI=1S/C18H26N2O2/c1-2-10-22-15-7-5-6-14(11-15)12-20-13-18(21)19-16-8-3-4-9-17(16)20/h5-7,11,16-17H,2-4,8-10,12-13H2,1H3,(H,19,21)/t16-,17-/m0/s1. The molecule has 1 aromatic rings. The highest BCUT2D eigenvalue weighted by Gasteiger charge is 2.36. The van der Waals surface area contributed by atoms with E-state index in [4.69, 9.17) is 4.74 Å². The Morgan fingerprint density at radius 2 is 2.18 bits per heavy atom. The van der Waals surface area contributed by atoms with Gasteiger partial charge in [0, 0.05) is 18.6 Å². The molecule has 0 spiro atoms. The van der Waals surface area contributed by atoms with Gasteiger partial charge in [-0.25, -0.2) is 0 Å². The number of nitrogens with zero attached hydrogens (tertiary/aromatic N) is 1. The maximum atomic E-state index is 11.9. The fourth-order valence-corrected chi connectivity index (χ4v) is 3.63. The smallest absolute Gasteiger partial charge is 0.234 e. The maximum absolute atomic E-state index is 11.9. The Morgan fingerprint density at radius 3 is 3.05 bits per heavy atom. The predicted octanol–water partition coefficient (Wildman–Crippen LogP) is 2.72. The first-order chi connectivity index (χ1) is 10.8. The molecule has 4 nitrogen and oxygen atoms in total. The summed E-state index contributed by atoms with van der Waals surface area (Å²) in [6, 6.07) is 9.12. The molecular weight excluding hydrogens is 276 g/mol. The van der Waals surface area contributed by atoms with Crippen LogP contribution in [0.4, 0.5) is 0 Å². The van der Waals surface area contributed by atoms with Crippen LogP contribution in [0.1, 0.15) is 44.6 Å². The Balaban J connectivity index is 1.69. The van der Waals surface area contributed by atoms with E-state index in [1.54, 1.807) is 0 Å². The van der Waals surface area contributed by atoms with Crippen molar-refractivity contribution in [3.05, 3.63) is 29.8 Å². The highest BCUT2D eigenvalue weighted by Crippen LogP contribution is 2.27. The Hall–Kier alpha value is -1.55. The van der Waals surface area contributed by atoms with Gasteiger partial charge in [-0.1, -0.05) is 31.9 Å². The van der Waals surface area contributed by atoms with Gasteiger partial charge in [0.05, 0.1) is 13.2 Å². The molecule has 120 valence electrons. The minimum Gasteiger partial charge on any atom is -0.494 e. The number of hydrogen-bond donors (Lipinski definition) is 1. The lowest BCUT2D eigenvalue weighted by molar-refractivity contribution is -0.128. The van der Waals surface area contributed by atoms with Crippen LogP contribution < -0.4 is 10.1 Å². The lowest BCUT2D eigenvalue weighted by atomic mass is 9.87.